The molecule has 1 saturated heterocycles. The Bertz CT molecular complexity index is 600. The number of hydrogen-bond acceptors (Lipinski definition) is 4. The minimum atomic E-state index is -1.04. The average molecular weight is 284 g/mol. The second kappa shape index (κ2) is 4.20. The standard InChI is InChI=1S/C11H10ClN3O4/c1-11(2)9(16)14(10(17)13-11)6-3-4-7(12)8(5-6)15(18)19/h3-5H,1-2H3,(H,13,17). The Morgan fingerprint density at radius 2 is 2.00 bits per heavy atom. The second-order valence-corrected chi connectivity index (χ2v) is 5.00. The van der Waals surface area contributed by atoms with E-state index >= 15 is 0 Å². The lowest BCUT2D eigenvalue weighted by Gasteiger charge is -2.15. The van der Waals surface area contributed by atoms with Gasteiger partial charge in [0, 0.05) is 6.07 Å². The summed E-state index contributed by atoms with van der Waals surface area (Å²) < 4.78 is 0. The molecule has 0 bridgehead atoms. The predicted octanol–water partition coefficient (Wildman–Crippen LogP) is 2.08. The topological polar surface area (TPSA) is 92.6 Å². The first-order chi connectivity index (χ1) is 8.74. The molecule has 0 radical (unpaired) electrons. The largest absolute Gasteiger partial charge is 0.329 e. The Hall–Kier alpha value is -2.15. The lowest BCUT2D eigenvalue weighted by molar-refractivity contribution is -0.384. The van der Waals surface area contributed by atoms with Crippen LogP contribution in [0.2, 0.25) is 5.02 Å². The summed E-state index contributed by atoms with van der Waals surface area (Å²) in [7, 11) is 0. The highest BCUT2D eigenvalue weighted by atomic mass is 35.5. The van der Waals surface area contributed by atoms with Gasteiger partial charge in [0.05, 0.1) is 10.6 Å². The van der Waals surface area contributed by atoms with Crippen LogP contribution < -0.4 is 10.2 Å². The number of nitrogens with one attached hydrogen (secondary N) is 1. The number of benzene rings is 1. The van der Waals surface area contributed by atoms with Crippen LogP contribution in [-0.4, -0.2) is 22.4 Å². The molecule has 0 unspecified atom stereocenters. The maximum Gasteiger partial charge on any atom is 0.329 e. The molecule has 2 rings (SSSR count). The van der Waals surface area contributed by atoms with Crippen molar-refractivity contribution >= 4 is 34.9 Å². The number of carbonyl (C=O) groups excluding carboxylic acids is 2. The summed E-state index contributed by atoms with van der Waals surface area (Å²) >= 11 is 5.68. The van der Waals surface area contributed by atoms with E-state index in [4.69, 9.17) is 11.6 Å². The fraction of sp³-hybridized carbons (Fsp3) is 0.273. The third-order valence-corrected chi connectivity index (χ3v) is 3.06. The van der Waals surface area contributed by atoms with Crippen molar-refractivity contribution in [2.75, 3.05) is 4.90 Å². The minimum Gasteiger partial charge on any atom is -0.323 e. The van der Waals surface area contributed by atoms with E-state index in [1.165, 1.54) is 12.1 Å². The number of nitro groups is 1. The van der Waals surface area contributed by atoms with Gasteiger partial charge in [-0.2, -0.15) is 0 Å². The molecule has 100 valence electrons. The summed E-state index contributed by atoms with van der Waals surface area (Å²) in [5.74, 6) is -0.478. The molecule has 1 N–H and O–H groups in total. The molecule has 0 saturated carbocycles. The zero-order valence-corrected chi connectivity index (χ0v) is 10.9. The van der Waals surface area contributed by atoms with Crippen molar-refractivity contribution in [1.29, 1.82) is 0 Å². The monoisotopic (exact) mass is 283 g/mol. The number of halogens is 1. The highest BCUT2D eigenvalue weighted by Crippen LogP contribution is 2.32. The van der Waals surface area contributed by atoms with Crippen LogP contribution in [0.3, 0.4) is 0 Å². The van der Waals surface area contributed by atoms with Gasteiger partial charge in [0.2, 0.25) is 0 Å². The normalized spacial score (nSPS) is 17.5. The first-order valence-corrected chi connectivity index (χ1v) is 5.72. The second-order valence-electron chi connectivity index (χ2n) is 4.59. The summed E-state index contributed by atoms with van der Waals surface area (Å²) in [5, 5.41) is 13.2. The van der Waals surface area contributed by atoms with Gasteiger partial charge in [-0.25, -0.2) is 9.69 Å². The zero-order valence-electron chi connectivity index (χ0n) is 10.1. The number of nitrogens with zero attached hydrogens (tertiary/aromatic N) is 2. The van der Waals surface area contributed by atoms with Gasteiger partial charge in [-0.05, 0) is 26.0 Å². The molecule has 1 heterocycles. The van der Waals surface area contributed by atoms with Crippen LogP contribution in [0, 0.1) is 10.1 Å². The zero-order chi connectivity index (χ0) is 14.4. The lowest BCUT2D eigenvalue weighted by Crippen LogP contribution is -2.40. The number of anilines is 1. The maximum atomic E-state index is 12.0. The molecular weight excluding hydrogens is 274 g/mol. The average Bonchev–Trinajstić information content (AvgIpc) is 2.49. The third-order valence-electron chi connectivity index (χ3n) is 2.74. The van der Waals surface area contributed by atoms with Crippen LogP contribution in [0.4, 0.5) is 16.2 Å². The van der Waals surface area contributed by atoms with Crippen LogP contribution in [-0.2, 0) is 4.79 Å². The SMILES string of the molecule is CC1(C)NC(=O)N(c2ccc(Cl)c([N+](=O)[O-])c2)C1=O. The van der Waals surface area contributed by atoms with E-state index in [0.717, 1.165) is 11.0 Å². The summed E-state index contributed by atoms with van der Waals surface area (Å²) in [6, 6.07) is 3.14. The first-order valence-electron chi connectivity index (χ1n) is 5.34. The van der Waals surface area contributed by atoms with E-state index in [1.807, 2.05) is 0 Å². The van der Waals surface area contributed by atoms with Gasteiger partial charge < -0.3 is 5.32 Å². The van der Waals surface area contributed by atoms with Crippen molar-refractivity contribution in [2.45, 2.75) is 19.4 Å². The summed E-state index contributed by atoms with van der Waals surface area (Å²) in [6.45, 7) is 3.11. The molecule has 0 spiro atoms. The van der Waals surface area contributed by atoms with E-state index in [9.17, 15) is 19.7 Å². The summed E-state index contributed by atoms with van der Waals surface area (Å²) in [4.78, 5) is 34.8. The maximum absolute atomic E-state index is 12.0. The number of carbonyl (C=O) groups is 2. The molecule has 8 heteroatoms. The molecular formula is C11H10ClN3O4. The van der Waals surface area contributed by atoms with Gasteiger partial charge >= 0.3 is 6.03 Å². The Balaban J connectivity index is 2.49. The molecule has 0 aliphatic carbocycles. The highest BCUT2D eigenvalue weighted by molar-refractivity contribution is 6.33. The van der Waals surface area contributed by atoms with Crippen LogP contribution >= 0.6 is 11.6 Å². The fourth-order valence-electron chi connectivity index (χ4n) is 1.76. The van der Waals surface area contributed by atoms with Gasteiger partial charge in [-0.3, -0.25) is 14.9 Å². The third kappa shape index (κ3) is 2.12. The van der Waals surface area contributed by atoms with Crippen LogP contribution in [0.1, 0.15) is 13.8 Å². The molecule has 0 aromatic heterocycles. The van der Waals surface area contributed by atoms with E-state index in [0.29, 0.717) is 0 Å². The van der Waals surface area contributed by atoms with Crippen molar-refractivity contribution in [1.82, 2.24) is 5.32 Å². The van der Waals surface area contributed by atoms with Crippen LogP contribution in [0.25, 0.3) is 0 Å². The van der Waals surface area contributed by atoms with Crippen molar-refractivity contribution in [3.63, 3.8) is 0 Å². The van der Waals surface area contributed by atoms with Gasteiger partial charge in [-0.1, -0.05) is 11.6 Å². The van der Waals surface area contributed by atoms with E-state index in [2.05, 4.69) is 5.32 Å². The number of hydrogen-bond donors (Lipinski definition) is 1. The van der Waals surface area contributed by atoms with Gasteiger partial charge in [0.15, 0.2) is 0 Å². The van der Waals surface area contributed by atoms with E-state index in [-0.39, 0.29) is 16.4 Å². The van der Waals surface area contributed by atoms with Gasteiger partial charge in [0.1, 0.15) is 10.6 Å². The summed E-state index contributed by atoms with van der Waals surface area (Å²) in [5.41, 5.74) is -1.28. The Morgan fingerprint density at radius 1 is 1.37 bits per heavy atom. The Morgan fingerprint density at radius 3 is 2.47 bits per heavy atom. The lowest BCUT2D eigenvalue weighted by atomic mass is 10.1. The van der Waals surface area contributed by atoms with Crippen molar-refractivity contribution in [2.24, 2.45) is 0 Å². The van der Waals surface area contributed by atoms with Crippen LogP contribution in [0.5, 0.6) is 0 Å². The van der Waals surface area contributed by atoms with Crippen molar-refractivity contribution in [3.05, 3.63) is 33.3 Å². The molecule has 1 aliphatic heterocycles. The molecule has 1 aliphatic rings. The first kappa shape index (κ1) is 13.3. The predicted molar refractivity (Wildman–Crippen MR) is 68.2 cm³/mol. The van der Waals surface area contributed by atoms with E-state index < -0.39 is 22.4 Å². The van der Waals surface area contributed by atoms with Gasteiger partial charge in [0.25, 0.3) is 11.6 Å². The number of nitro benzene ring substituents is 1. The Kier molecular flexibility index (Phi) is 2.94. The van der Waals surface area contributed by atoms with Gasteiger partial charge in [-0.15, -0.1) is 0 Å². The molecule has 1 aromatic rings. The van der Waals surface area contributed by atoms with Crippen molar-refractivity contribution < 1.29 is 14.5 Å². The highest BCUT2D eigenvalue weighted by Gasteiger charge is 2.45. The van der Waals surface area contributed by atoms with Crippen molar-refractivity contribution in [3.8, 4) is 0 Å². The molecule has 1 fully saturated rings. The number of rotatable bonds is 2. The quantitative estimate of drug-likeness (QED) is 0.511. The number of amides is 3. The molecule has 0 atom stereocenters. The molecule has 1 aromatic carbocycles. The number of urea groups is 1. The smallest absolute Gasteiger partial charge is 0.323 e. The van der Waals surface area contributed by atoms with E-state index in [1.54, 1.807) is 13.8 Å². The molecule has 7 nitrogen and oxygen atoms in total. The minimum absolute atomic E-state index is 0.0555. The molecule has 19 heavy (non-hydrogen) atoms. The Labute approximate surface area is 113 Å². The summed E-state index contributed by atoms with van der Waals surface area (Å²) in [6.07, 6.45) is 0. The fourth-order valence-corrected chi connectivity index (χ4v) is 1.95. The number of imide groups is 1. The van der Waals surface area contributed by atoms with Crippen LogP contribution in [0.15, 0.2) is 18.2 Å². The molecule has 3 amide bonds.